The molecule has 14 nitrogen and oxygen atoms in total. The molecule has 2 bridgehead atoms. The topological polar surface area (TPSA) is 179 Å². The van der Waals surface area contributed by atoms with Crippen molar-refractivity contribution in [1.82, 2.24) is 30.3 Å². The van der Waals surface area contributed by atoms with Gasteiger partial charge in [-0.2, -0.15) is 0 Å². The summed E-state index contributed by atoms with van der Waals surface area (Å²) in [5.41, 5.74) is 1.59. The van der Waals surface area contributed by atoms with Gasteiger partial charge in [0.2, 0.25) is 23.3 Å². The van der Waals surface area contributed by atoms with Crippen LogP contribution in [0.1, 0.15) is 47.2 Å². The first-order valence-corrected chi connectivity index (χ1v) is 17.5. The molecule has 6 rings (SSSR count). The van der Waals surface area contributed by atoms with Crippen molar-refractivity contribution in [2.45, 2.75) is 56.3 Å². The number of amides is 5. The molecular formula is C38H44N6O8. The summed E-state index contributed by atoms with van der Waals surface area (Å²) in [6.45, 7) is 1.17. The van der Waals surface area contributed by atoms with Crippen LogP contribution in [0.3, 0.4) is 0 Å². The lowest BCUT2D eigenvalue weighted by molar-refractivity contribution is -0.143. The third kappa shape index (κ3) is 8.86. The summed E-state index contributed by atoms with van der Waals surface area (Å²) in [4.78, 5) is 83.4. The van der Waals surface area contributed by atoms with Crippen LogP contribution in [0.25, 0.3) is 0 Å². The number of nitrogens with zero attached hydrogens (tertiary/aromatic N) is 3. The standard InChI is InChI=1S/C38H44N6O8/c1-23(45)35-38(51)43(17-25-11-12-25)21-32(46)39-30(15-24-7-4-3-5-8-24)36(49)40-31-20-44(37(50)27-13-14-34(48)42(2)18-27)19-29(31)26-9-6-10-28(16-26)52-22-33(47)41-35/h3-10,13-14,16,18,23,25,29-31,35,45H,11-12,15,17,19-22H2,1-2H3,(H,39,46)(H,40,49)(H,41,47)/t23-,29-,30+,31+,35+/m1/s1. The van der Waals surface area contributed by atoms with E-state index in [9.17, 15) is 33.9 Å². The van der Waals surface area contributed by atoms with E-state index in [1.807, 2.05) is 36.4 Å². The molecule has 2 fully saturated rings. The molecule has 1 aromatic heterocycles. The number of fused-ring (bicyclic) bond motifs is 4. The maximum atomic E-state index is 14.2. The van der Waals surface area contributed by atoms with Gasteiger partial charge in [-0.25, -0.2) is 0 Å². The molecule has 3 aliphatic rings. The average molecular weight is 713 g/mol. The fourth-order valence-electron chi connectivity index (χ4n) is 6.74. The highest BCUT2D eigenvalue weighted by atomic mass is 16.5. The van der Waals surface area contributed by atoms with E-state index in [4.69, 9.17) is 4.74 Å². The smallest absolute Gasteiger partial charge is 0.258 e. The molecule has 0 unspecified atom stereocenters. The first-order valence-electron chi connectivity index (χ1n) is 17.5. The highest BCUT2D eigenvalue weighted by Gasteiger charge is 2.40. The van der Waals surface area contributed by atoms with E-state index < -0.39 is 60.4 Å². The Labute approximate surface area is 301 Å². The minimum Gasteiger partial charge on any atom is -0.484 e. The maximum absolute atomic E-state index is 14.2. The normalized spacial score (nSPS) is 23.7. The second kappa shape index (κ2) is 15.8. The minimum absolute atomic E-state index is 0.141. The summed E-state index contributed by atoms with van der Waals surface area (Å²) < 4.78 is 7.15. The largest absolute Gasteiger partial charge is 0.484 e. The molecule has 4 N–H and O–H groups in total. The molecule has 2 aromatic carbocycles. The molecule has 274 valence electrons. The lowest BCUT2D eigenvalue weighted by Gasteiger charge is -2.30. The maximum Gasteiger partial charge on any atom is 0.258 e. The van der Waals surface area contributed by atoms with Gasteiger partial charge in [0.1, 0.15) is 17.8 Å². The number of ether oxygens (including phenoxy) is 1. The minimum atomic E-state index is -1.33. The number of hydrogen-bond acceptors (Lipinski definition) is 8. The predicted octanol–water partition coefficient (Wildman–Crippen LogP) is 0.334. The van der Waals surface area contributed by atoms with Crippen molar-refractivity contribution in [2.75, 3.05) is 32.8 Å². The van der Waals surface area contributed by atoms with Crippen LogP contribution >= 0.6 is 0 Å². The number of aryl methyl sites for hydroxylation is 1. The van der Waals surface area contributed by atoms with Gasteiger partial charge in [-0.05, 0) is 55.0 Å². The fraction of sp³-hybridized carbons (Fsp3) is 0.421. The first-order chi connectivity index (χ1) is 24.9. The van der Waals surface area contributed by atoms with Gasteiger partial charge in [-0.15, -0.1) is 0 Å². The second-order valence-electron chi connectivity index (χ2n) is 13.9. The summed E-state index contributed by atoms with van der Waals surface area (Å²) >= 11 is 0. The van der Waals surface area contributed by atoms with Gasteiger partial charge in [0.05, 0.1) is 24.3 Å². The number of rotatable bonds is 6. The van der Waals surface area contributed by atoms with Gasteiger partial charge < -0.3 is 40.2 Å². The number of hydrogen-bond donors (Lipinski definition) is 4. The van der Waals surface area contributed by atoms with E-state index in [0.29, 0.717) is 11.3 Å². The van der Waals surface area contributed by atoms with Crippen LogP contribution < -0.4 is 26.2 Å². The molecule has 0 spiro atoms. The van der Waals surface area contributed by atoms with Crippen molar-refractivity contribution in [3.05, 3.63) is 100.0 Å². The SMILES string of the molecule is C[C@@H](O)[C@@H]1NC(=O)COc2cccc(c2)[C@H]2CN(C(=O)c3ccc(=O)n(C)c3)C[C@@H]2NC(=O)[C@H](Cc2ccccc2)NC(=O)CN(CC2CC2)C1=O. The van der Waals surface area contributed by atoms with Crippen molar-refractivity contribution < 1.29 is 33.8 Å². The summed E-state index contributed by atoms with van der Waals surface area (Å²) in [6.07, 6.45) is 2.13. The summed E-state index contributed by atoms with van der Waals surface area (Å²) in [5.74, 6) is -2.48. The predicted molar refractivity (Wildman–Crippen MR) is 189 cm³/mol. The molecule has 1 saturated heterocycles. The molecule has 3 heterocycles. The molecule has 52 heavy (non-hydrogen) atoms. The van der Waals surface area contributed by atoms with E-state index in [-0.39, 0.29) is 50.0 Å². The lowest BCUT2D eigenvalue weighted by atomic mass is 9.93. The zero-order valence-corrected chi connectivity index (χ0v) is 29.2. The molecule has 1 saturated carbocycles. The number of likely N-dealkylation sites (tertiary alicyclic amines) is 1. The number of pyridine rings is 1. The van der Waals surface area contributed by atoms with Gasteiger partial charge in [0.15, 0.2) is 6.61 Å². The summed E-state index contributed by atoms with van der Waals surface area (Å²) in [5, 5.41) is 19.1. The third-order valence-corrected chi connectivity index (χ3v) is 9.74. The van der Waals surface area contributed by atoms with Gasteiger partial charge in [0, 0.05) is 51.3 Å². The van der Waals surface area contributed by atoms with E-state index in [0.717, 1.165) is 24.0 Å². The van der Waals surface area contributed by atoms with Crippen LogP contribution in [-0.2, 0) is 32.6 Å². The van der Waals surface area contributed by atoms with Gasteiger partial charge in [-0.1, -0.05) is 42.5 Å². The molecule has 2 aliphatic heterocycles. The molecule has 5 amide bonds. The monoisotopic (exact) mass is 712 g/mol. The number of nitrogens with one attached hydrogen (secondary N) is 3. The summed E-state index contributed by atoms with van der Waals surface area (Å²) in [7, 11) is 1.56. The number of aromatic nitrogens is 1. The Morgan fingerprint density at radius 3 is 2.40 bits per heavy atom. The van der Waals surface area contributed by atoms with Crippen LogP contribution in [-0.4, -0.2) is 106 Å². The van der Waals surface area contributed by atoms with Crippen LogP contribution in [0.15, 0.2) is 77.7 Å². The average Bonchev–Trinajstić information content (AvgIpc) is 3.85. The number of aliphatic hydroxyl groups is 1. The Balaban J connectivity index is 1.34. The van der Waals surface area contributed by atoms with Crippen LogP contribution in [0.4, 0.5) is 0 Å². The highest BCUT2D eigenvalue weighted by Crippen LogP contribution is 2.32. The van der Waals surface area contributed by atoms with Crippen LogP contribution in [0.2, 0.25) is 0 Å². The van der Waals surface area contributed by atoms with Gasteiger partial charge >= 0.3 is 0 Å². The van der Waals surface area contributed by atoms with Crippen LogP contribution in [0.5, 0.6) is 5.75 Å². The van der Waals surface area contributed by atoms with Crippen LogP contribution in [0, 0.1) is 5.92 Å². The molecule has 14 heteroatoms. The number of carbonyl (C=O) groups is 5. The Hall–Kier alpha value is -5.50. The quantitative estimate of drug-likeness (QED) is 0.283. The van der Waals surface area contributed by atoms with Crippen molar-refractivity contribution in [2.24, 2.45) is 13.0 Å². The number of benzene rings is 2. The van der Waals surface area contributed by atoms with E-state index in [1.165, 1.54) is 34.7 Å². The lowest BCUT2D eigenvalue weighted by Crippen LogP contribution is -2.58. The molecular weight excluding hydrogens is 668 g/mol. The fourth-order valence-corrected chi connectivity index (χ4v) is 6.74. The first kappa shape index (κ1) is 36.3. The van der Waals surface area contributed by atoms with Crippen molar-refractivity contribution in [3.63, 3.8) is 0 Å². The summed E-state index contributed by atoms with van der Waals surface area (Å²) in [6, 6.07) is 16.1. The molecule has 5 atom stereocenters. The highest BCUT2D eigenvalue weighted by molar-refractivity contribution is 5.95. The Morgan fingerprint density at radius 1 is 0.923 bits per heavy atom. The zero-order valence-electron chi connectivity index (χ0n) is 29.2. The van der Waals surface area contributed by atoms with Gasteiger partial charge in [0.25, 0.3) is 11.8 Å². The van der Waals surface area contributed by atoms with E-state index in [2.05, 4.69) is 16.0 Å². The Bertz CT molecular complexity index is 1880. The van der Waals surface area contributed by atoms with E-state index >= 15 is 0 Å². The Morgan fingerprint density at radius 2 is 1.69 bits per heavy atom. The van der Waals surface area contributed by atoms with E-state index in [1.54, 1.807) is 30.1 Å². The molecule has 0 radical (unpaired) electrons. The van der Waals surface area contributed by atoms with Crippen molar-refractivity contribution in [3.8, 4) is 5.75 Å². The van der Waals surface area contributed by atoms with Gasteiger partial charge in [-0.3, -0.25) is 28.8 Å². The molecule has 1 aliphatic carbocycles. The Kier molecular flexibility index (Phi) is 11.0. The number of carbonyl (C=O) groups excluding carboxylic acids is 5. The third-order valence-electron chi connectivity index (χ3n) is 9.74. The van der Waals surface area contributed by atoms with Crippen molar-refractivity contribution >= 4 is 29.5 Å². The zero-order chi connectivity index (χ0) is 36.9. The number of aliphatic hydroxyl groups excluding tert-OH is 1. The second-order valence-corrected chi connectivity index (χ2v) is 13.9. The van der Waals surface area contributed by atoms with Crippen molar-refractivity contribution in [1.29, 1.82) is 0 Å². The molecule has 3 aromatic rings.